The summed E-state index contributed by atoms with van der Waals surface area (Å²) in [5.41, 5.74) is 1.74. The van der Waals surface area contributed by atoms with Gasteiger partial charge in [0.15, 0.2) is 0 Å². The van der Waals surface area contributed by atoms with Crippen molar-refractivity contribution in [1.82, 2.24) is 4.57 Å². The van der Waals surface area contributed by atoms with Crippen LogP contribution in [-0.2, 0) is 20.9 Å². The van der Waals surface area contributed by atoms with Gasteiger partial charge in [-0.25, -0.2) is 0 Å². The van der Waals surface area contributed by atoms with Gasteiger partial charge in [0.1, 0.15) is 5.75 Å². The number of benzene rings is 2. The molecule has 0 spiro atoms. The highest BCUT2D eigenvalue weighted by Gasteiger charge is 2.69. The zero-order valence-corrected chi connectivity index (χ0v) is 20.7. The zero-order chi connectivity index (χ0) is 24.0. The van der Waals surface area contributed by atoms with Crippen LogP contribution in [0.5, 0.6) is 5.75 Å². The minimum atomic E-state index is -0.419. The molecule has 2 bridgehead atoms. The lowest BCUT2D eigenvalue weighted by Crippen LogP contribution is -2.43. The van der Waals surface area contributed by atoms with E-state index in [1.165, 1.54) is 11.3 Å². The van der Waals surface area contributed by atoms with Gasteiger partial charge in [0, 0.05) is 26.6 Å². The van der Waals surface area contributed by atoms with Crippen molar-refractivity contribution >= 4 is 46.6 Å². The first-order chi connectivity index (χ1) is 16.9. The number of phenols is 1. The molecule has 35 heavy (non-hydrogen) atoms. The predicted molar refractivity (Wildman–Crippen MR) is 132 cm³/mol. The van der Waals surface area contributed by atoms with Gasteiger partial charge in [-0.15, -0.1) is 11.8 Å². The zero-order valence-electron chi connectivity index (χ0n) is 18.3. The number of fused-ring (bicyclic) bond motifs is 9. The first kappa shape index (κ1) is 21.7. The molecule has 1 saturated heterocycles. The Bertz CT molecular complexity index is 1450. The summed E-state index contributed by atoms with van der Waals surface area (Å²) in [6, 6.07) is 14.7. The van der Waals surface area contributed by atoms with Crippen LogP contribution in [0.15, 0.2) is 58.4 Å². The van der Waals surface area contributed by atoms with Gasteiger partial charge in [-0.2, -0.15) is 0 Å². The number of esters is 2. The molecule has 7 rings (SSSR count). The molecule has 9 heteroatoms. The third-order valence-electron chi connectivity index (χ3n) is 8.21. The number of thiazole rings is 1. The molecule has 3 fully saturated rings. The van der Waals surface area contributed by atoms with Gasteiger partial charge in [-0.05, 0) is 47.9 Å². The number of halogens is 1. The maximum atomic E-state index is 13.3. The van der Waals surface area contributed by atoms with Crippen LogP contribution in [-0.4, -0.2) is 26.9 Å². The molecule has 3 aromatic rings. The van der Waals surface area contributed by atoms with Crippen LogP contribution in [0, 0.1) is 29.6 Å². The molecular formula is C26H20ClNO5S2. The summed E-state index contributed by atoms with van der Waals surface area (Å²) in [5.74, 6) is -1.63. The Morgan fingerprint density at radius 1 is 1.00 bits per heavy atom. The molecule has 2 aliphatic carbocycles. The number of para-hydroxylation sites is 1. The molecule has 2 aromatic carbocycles. The van der Waals surface area contributed by atoms with Crippen LogP contribution in [0.4, 0.5) is 0 Å². The number of nitrogens with zero attached hydrogens (tertiary/aromatic N) is 1. The molecule has 2 aliphatic heterocycles. The van der Waals surface area contributed by atoms with Crippen LogP contribution in [0.3, 0.4) is 0 Å². The van der Waals surface area contributed by atoms with Crippen LogP contribution >= 0.6 is 34.7 Å². The minimum absolute atomic E-state index is 0.0128. The Morgan fingerprint density at radius 2 is 1.71 bits per heavy atom. The lowest BCUT2D eigenvalue weighted by atomic mass is 9.68. The van der Waals surface area contributed by atoms with E-state index in [1.807, 2.05) is 36.4 Å². The molecule has 1 N–H and O–H groups in total. The van der Waals surface area contributed by atoms with E-state index in [4.69, 9.17) is 16.3 Å². The number of hydrogen-bond acceptors (Lipinski definition) is 7. The summed E-state index contributed by atoms with van der Waals surface area (Å²) in [5, 5.41) is 12.4. The van der Waals surface area contributed by atoms with Crippen molar-refractivity contribution in [2.75, 3.05) is 0 Å². The van der Waals surface area contributed by atoms with Crippen molar-refractivity contribution in [1.29, 1.82) is 0 Å². The molecule has 6 nitrogen and oxygen atoms in total. The number of carbonyl (C=O) groups excluding carboxylic acids is 2. The highest BCUT2D eigenvalue weighted by atomic mass is 35.5. The number of cyclic esters (lactones) is 2. The van der Waals surface area contributed by atoms with E-state index < -0.39 is 23.8 Å². The van der Waals surface area contributed by atoms with Gasteiger partial charge in [0.2, 0.25) is 0 Å². The molecule has 178 valence electrons. The Labute approximate surface area is 213 Å². The van der Waals surface area contributed by atoms with E-state index in [-0.39, 0.29) is 39.5 Å². The molecule has 0 unspecified atom stereocenters. The molecule has 0 radical (unpaired) electrons. The number of rotatable bonds is 3. The Morgan fingerprint density at radius 3 is 2.46 bits per heavy atom. The molecular weight excluding hydrogens is 506 g/mol. The van der Waals surface area contributed by atoms with E-state index in [2.05, 4.69) is 0 Å². The van der Waals surface area contributed by atoms with E-state index in [0.29, 0.717) is 11.6 Å². The molecule has 1 aromatic heterocycles. The van der Waals surface area contributed by atoms with Gasteiger partial charge in [-0.3, -0.25) is 19.0 Å². The number of hydrogen-bond donors (Lipinski definition) is 1. The van der Waals surface area contributed by atoms with Gasteiger partial charge >= 0.3 is 16.8 Å². The van der Waals surface area contributed by atoms with E-state index in [9.17, 15) is 19.5 Å². The highest BCUT2D eigenvalue weighted by Crippen LogP contribution is 2.68. The maximum absolute atomic E-state index is 13.3. The smallest absolute Gasteiger partial charge is 0.317 e. The van der Waals surface area contributed by atoms with Crippen LogP contribution < -0.4 is 4.87 Å². The largest absolute Gasteiger partial charge is 0.508 e. The lowest BCUT2D eigenvalue weighted by molar-refractivity contribution is -0.154. The van der Waals surface area contributed by atoms with Crippen molar-refractivity contribution in [2.24, 2.45) is 29.6 Å². The molecule has 0 amide bonds. The van der Waals surface area contributed by atoms with E-state index >= 15 is 0 Å². The number of carbonyl (C=O) groups is 2. The second-order valence-electron chi connectivity index (χ2n) is 9.80. The van der Waals surface area contributed by atoms with Crippen LogP contribution in [0.25, 0.3) is 0 Å². The van der Waals surface area contributed by atoms with Gasteiger partial charge in [0.05, 0.1) is 23.4 Å². The topological polar surface area (TPSA) is 85.6 Å². The summed E-state index contributed by atoms with van der Waals surface area (Å²) in [4.78, 5) is 39.3. The first-order valence-electron chi connectivity index (χ1n) is 11.6. The second kappa shape index (κ2) is 7.72. The number of aromatic nitrogens is 1. The fraction of sp³-hybridized carbons (Fsp3) is 0.346. The van der Waals surface area contributed by atoms with Crippen molar-refractivity contribution in [3.8, 4) is 5.75 Å². The number of phenolic OH excluding ortho intramolecular Hbond substituents is 1. The van der Waals surface area contributed by atoms with Gasteiger partial charge in [0.25, 0.3) is 0 Å². The van der Waals surface area contributed by atoms with E-state index in [0.717, 1.165) is 27.5 Å². The Balaban J connectivity index is 1.38. The van der Waals surface area contributed by atoms with E-state index in [1.54, 1.807) is 28.5 Å². The number of ether oxygens (including phenoxy) is 1. The average molecular weight is 526 g/mol. The highest BCUT2D eigenvalue weighted by molar-refractivity contribution is 8.00. The minimum Gasteiger partial charge on any atom is -0.508 e. The summed E-state index contributed by atoms with van der Waals surface area (Å²) in [6.45, 7) is 0.417. The monoisotopic (exact) mass is 525 g/mol. The molecule has 3 heterocycles. The van der Waals surface area contributed by atoms with Crippen LogP contribution in [0.2, 0.25) is 5.02 Å². The third kappa shape index (κ3) is 3.06. The Kier molecular flexibility index (Phi) is 4.79. The summed E-state index contributed by atoms with van der Waals surface area (Å²) in [7, 11) is 0. The second-order valence-corrected chi connectivity index (χ2v) is 12.4. The fourth-order valence-electron chi connectivity index (χ4n) is 6.92. The standard InChI is InChI=1S/C26H20ClNO5S2/c27-12-7-5-11(6-8-12)10-28-23-22(35-26(28)32)17(13-3-1-2-4-16(13)29)18-14-9-15(21(18)34-23)20-19(14)24(30)33-25(20)31/h1-8,14-15,17-21,29H,9-10H2/t14-,15+,17+,18-,19+,20+,21-/m0/s1. The lowest BCUT2D eigenvalue weighted by Gasteiger charge is -2.43. The normalized spacial score (nSPS) is 32.3. The van der Waals surface area contributed by atoms with Crippen molar-refractivity contribution in [3.05, 3.63) is 79.2 Å². The Hall–Kier alpha value is -2.55. The summed E-state index contributed by atoms with van der Waals surface area (Å²) in [6.07, 6.45) is 0.791. The molecule has 2 saturated carbocycles. The summed E-state index contributed by atoms with van der Waals surface area (Å²) >= 11 is 8.93. The number of thioether (sulfide) groups is 1. The first-order valence-corrected chi connectivity index (χ1v) is 13.7. The van der Waals surface area contributed by atoms with Crippen molar-refractivity contribution in [3.63, 3.8) is 0 Å². The number of aromatic hydroxyl groups is 1. The summed E-state index contributed by atoms with van der Waals surface area (Å²) < 4.78 is 6.87. The third-order valence-corrected chi connectivity index (χ3v) is 11.3. The van der Waals surface area contributed by atoms with Gasteiger partial charge < -0.3 is 9.84 Å². The predicted octanol–water partition coefficient (Wildman–Crippen LogP) is 4.51. The quantitative estimate of drug-likeness (QED) is 0.400. The molecule has 7 atom stereocenters. The van der Waals surface area contributed by atoms with Crippen molar-refractivity contribution < 1.29 is 19.4 Å². The molecule has 4 aliphatic rings. The maximum Gasteiger partial charge on any atom is 0.317 e. The average Bonchev–Trinajstić information content (AvgIpc) is 3.56. The van der Waals surface area contributed by atoms with Gasteiger partial charge in [-0.1, -0.05) is 53.3 Å². The fourth-order valence-corrected chi connectivity index (χ4v) is 10.2. The van der Waals surface area contributed by atoms with Crippen molar-refractivity contribution in [2.45, 2.75) is 29.2 Å². The SMILES string of the molecule is O=C1OC(=O)[C@@H]2[C@H]3C[C@H]([C@@H]12)[C@H]1[C@@H](c2ccccc2O)c2sc(=O)n(Cc4ccc(Cl)cc4)c2S[C@@H]31. The van der Waals surface area contributed by atoms with Crippen LogP contribution in [0.1, 0.15) is 28.3 Å².